The Hall–Kier alpha value is -2.28. The molecule has 0 radical (unpaired) electrons. The van der Waals surface area contributed by atoms with Crippen LogP contribution in [0.5, 0.6) is 0 Å². The molecule has 6 nitrogen and oxygen atoms in total. The molecule has 0 fully saturated rings. The molecule has 0 spiro atoms. The number of nitrogens with two attached hydrogens (primary N) is 1. The van der Waals surface area contributed by atoms with Crippen LogP contribution >= 0.6 is 0 Å². The molecule has 1 aliphatic rings. The molecule has 0 saturated heterocycles. The SMILES string of the molecule is CC1C(=O)Nc2cnn(C)c2-c2ccnc(c2)C(N)CCC1F. The minimum Gasteiger partial charge on any atom is -0.323 e. The number of carbonyl (C=O) groups is 1. The predicted molar refractivity (Wildman–Crippen MR) is 85.3 cm³/mol. The van der Waals surface area contributed by atoms with Crippen LogP contribution in [-0.2, 0) is 11.8 Å². The Morgan fingerprint density at radius 2 is 2.22 bits per heavy atom. The lowest BCUT2D eigenvalue weighted by Gasteiger charge is -2.20. The number of hydrogen-bond acceptors (Lipinski definition) is 4. The molecule has 23 heavy (non-hydrogen) atoms. The Bertz CT molecular complexity index is 729. The van der Waals surface area contributed by atoms with Crippen molar-refractivity contribution in [2.45, 2.75) is 32.0 Å². The van der Waals surface area contributed by atoms with E-state index in [0.717, 1.165) is 11.3 Å². The number of aromatic nitrogens is 3. The van der Waals surface area contributed by atoms with Gasteiger partial charge >= 0.3 is 0 Å². The second-order valence-corrected chi connectivity index (χ2v) is 5.98. The molecule has 3 N–H and O–H groups in total. The monoisotopic (exact) mass is 317 g/mol. The molecule has 0 aliphatic carbocycles. The van der Waals surface area contributed by atoms with Crippen LogP contribution in [0.15, 0.2) is 24.5 Å². The number of halogens is 1. The number of alkyl halides is 1. The highest BCUT2D eigenvalue weighted by Crippen LogP contribution is 2.31. The van der Waals surface area contributed by atoms with Crippen molar-refractivity contribution in [3.63, 3.8) is 0 Å². The smallest absolute Gasteiger partial charge is 0.230 e. The molecule has 0 aromatic carbocycles. The van der Waals surface area contributed by atoms with E-state index in [2.05, 4.69) is 15.4 Å². The van der Waals surface area contributed by atoms with Gasteiger partial charge in [-0.05, 0) is 25.0 Å². The van der Waals surface area contributed by atoms with Gasteiger partial charge in [-0.1, -0.05) is 6.92 Å². The van der Waals surface area contributed by atoms with Crippen molar-refractivity contribution in [2.24, 2.45) is 18.7 Å². The van der Waals surface area contributed by atoms with Gasteiger partial charge in [0.2, 0.25) is 5.91 Å². The molecule has 2 bridgehead atoms. The summed E-state index contributed by atoms with van der Waals surface area (Å²) in [5, 5.41) is 6.98. The van der Waals surface area contributed by atoms with Gasteiger partial charge in [0.15, 0.2) is 0 Å². The van der Waals surface area contributed by atoms with Crippen LogP contribution in [0, 0.1) is 5.92 Å². The van der Waals surface area contributed by atoms with Crippen LogP contribution < -0.4 is 11.1 Å². The van der Waals surface area contributed by atoms with Gasteiger partial charge in [-0.3, -0.25) is 14.5 Å². The lowest BCUT2D eigenvalue weighted by atomic mass is 9.96. The second kappa shape index (κ2) is 6.08. The average Bonchev–Trinajstić information content (AvgIpc) is 2.91. The summed E-state index contributed by atoms with van der Waals surface area (Å²) in [6.07, 6.45) is 2.65. The number of anilines is 1. The van der Waals surface area contributed by atoms with Gasteiger partial charge in [-0.2, -0.15) is 5.10 Å². The number of nitrogens with zero attached hydrogens (tertiary/aromatic N) is 3. The standard InChI is InChI=1S/C16H20FN5O/c1-9-11(17)3-4-12(18)13-7-10(5-6-19-13)15-14(21-16(9)23)8-20-22(15)2/h5-9,11-12H,3-4,18H2,1-2H3,(H,21,23). The van der Waals surface area contributed by atoms with Crippen LogP contribution in [0.4, 0.5) is 10.1 Å². The van der Waals surface area contributed by atoms with E-state index in [9.17, 15) is 9.18 Å². The molecule has 122 valence electrons. The number of hydrogen-bond donors (Lipinski definition) is 2. The zero-order valence-corrected chi connectivity index (χ0v) is 13.2. The quantitative estimate of drug-likeness (QED) is 0.780. The molecule has 7 heteroatoms. The van der Waals surface area contributed by atoms with E-state index in [-0.39, 0.29) is 18.4 Å². The number of rotatable bonds is 0. The third kappa shape index (κ3) is 2.96. The van der Waals surface area contributed by atoms with Gasteiger partial charge < -0.3 is 11.1 Å². The van der Waals surface area contributed by atoms with Gasteiger partial charge in [-0.15, -0.1) is 0 Å². The maximum Gasteiger partial charge on any atom is 0.230 e. The number of carbonyl (C=O) groups excluding carboxylic acids is 1. The summed E-state index contributed by atoms with van der Waals surface area (Å²) in [6, 6.07) is 3.35. The predicted octanol–water partition coefficient (Wildman–Crippen LogP) is 2.19. The van der Waals surface area contributed by atoms with Crippen molar-refractivity contribution in [3.05, 3.63) is 30.2 Å². The molecule has 3 atom stereocenters. The maximum absolute atomic E-state index is 14.3. The fraction of sp³-hybridized carbons (Fsp3) is 0.438. The summed E-state index contributed by atoms with van der Waals surface area (Å²) >= 11 is 0. The van der Waals surface area contributed by atoms with Gasteiger partial charge in [-0.25, -0.2) is 4.39 Å². The summed E-state index contributed by atoms with van der Waals surface area (Å²) in [7, 11) is 1.79. The fourth-order valence-electron chi connectivity index (χ4n) is 2.82. The van der Waals surface area contributed by atoms with E-state index < -0.39 is 12.1 Å². The minimum absolute atomic E-state index is 0.224. The molecule has 1 amide bonds. The average molecular weight is 317 g/mol. The van der Waals surface area contributed by atoms with E-state index in [1.54, 1.807) is 31.0 Å². The number of nitrogens with one attached hydrogen (secondary N) is 1. The molecule has 1 aliphatic heterocycles. The van der Waals surface area contributed by atoms with Crippen molar-refractivity contribution in [1.82, 2.24) is 14.8 Å². The van der Waals surface area contributed by atoms with E-state index >= 15 is 0 Å². The lowest BCUT2D eigenvalue weighted by molar-refractivity contribution is -0.121. The van der Waals surface area contributed by atoms with Crippen molar-refractivity contribution in [2.75, 3.05) is 5.32 Å². The first-order valence-electron chi connectivity index (χ1n) is 7.66. The van der Waals surface area contributed by atoms with Crippen molar-refractivity contribution >= 4 is 11.6 Å². The van der Waals surface area contributed by atoms with Crippen LogP contribution in [0.1, 0.15) is 31.5 Å². The van der Waals surface area contributed by atoms with E-state index in [1.165, 1.54) is 0 Å². The number of fused-ring (bicyclic) bond motifs is 4. The molecule has 0 saturated carbocycles. The third-order valence-corrected chi connectivity index (χ3v) is 4.34. The highest BCUT2D eigenvalue weighted by atomic mass is 19.1. The molecule has 3 heterocycles. The topological polar surface area (TPSA) is 85.8 Å². The normalized spacial score (nSPS) is 25.0. The fourth-order valence-corrected chi connectivity index (χ4v) is 2.82. The van der Waals surface area contributed by atoms with Gasteiger partial charge in [0, 0.05) is 24.8 Å². The first-order valence-corrected chi connectivity index (χ1v) is 7.66. The van der Waals surface area contributed by atoms with Gasteiger partial charge in [0.05, 0.1) is 29.2 Å². The summed E-state index contributed by atoms with van der Waals surface area (Å²) in [5.41, 5.74) is 9.02. The third-order valence-electron chi connectivity index (χ3n) is 4.34. The van der Waals surface area contributed by atoms with Crippen LogP contribution in [-0.4, -0.2) is 26.8 Å². The Labute approximate surface area is 133 Å². The first kappa shape index (κ1) is 15.6. The molecule has 2 aromatic rings. The van der Waals surface area contributed by atoms with Crippen LogP contribution in [0.3, 0.4) is 0 Å². The van der Waals surface area contributed by atoms with E-state index in [4.69, 9.17) is 5.73 Å². The zero-order valence-electron chi connectivity index (χ0n) is 13.2. The van der Waals surface area contributed by atoms with Gasteiger partial charge in [0.25, 0.3) is 0 Å². The summed E-state index contributed by atoms with van der Waals surface area (Å²) < 4.78 is 16.0. The number of aryl methyl sites for hydroxylation is 1. The summed E-state index contributed by atoms with van der Waals surface area (Å²) in [4.78, 5) is 16.6. The van der Waals surface area contributed by atoms with Gasteiger partial charge in [0.1, 0.15) is 6.17 Å². The number of amides is 1. The Kier molecular flexibility index (Phi) is 4.12. The Morgan fingerprint density at radius 3 is 3.00 bits per heavy atom. The Morgan fingerprint density at radius 1 is 1.43 bits per heavy atom. The molecule has 3 unspecified atom stereocenters. The highest BCUT2D eigenvalue weighted by molar-refractivity contribution is 5.96. The van der Waals surface area contributed by atoms with Crippen LogP contribution in [0.25, 0.3) is 11.3 Å². The minimum atomic E-state index is -1.25. The first-order chi connectivity index (χ1) is 11.0. The second-order valence-electron chi connectivity index (χ2n) is 5.98. The summed E-state index contributed by atoms with van der Waals surface area (Å²) in [6.45, 7) is 1.59. The largest absolute Gasteiger partial charge is 0.323 e. The molecule has 2 aromatic heterocycles. The van der Waals surface area contributed by atoms with E-state index in [1.807, 2.05) is 12.1 Å². The van der Waals surface area contributed by atoms with Crippen molar-refractivity contribution in [1.29, 1.82) is 0 Å². The van der Waals surface area contributed by atoms with Crippen molar-refractivity contribution in [3.8, 4) is 11.3 Å². The summed E-state index contributed by atoms with van der Waals surface area (Å²) in [5.74, 6) is -1.10. The Balaban J connectivity index is 2.11. The molecular weight excluding hydrogens is 297 g/mol. The van der Waals surface area contributed by atoms with Crippen LogP contribution in [0.2, 0.25) is 0 Å². The maximum atomic E-state index is 14.3. The molecular formula is C16H20FN5O. The molecule has 3 rings (SSSR count). The lowest BCUT2D eigenvalue weighted by Crippen LogP contribution is -2.29. The van der Waals surface area contributed by atoms with Crippen molar-refractivity contribution < 1.29 is 9.18 Å². The zero-order chi connectivity index (χ0) is 16.6. The number of pyridine rings is 1. The van der Waals surface area contributed by atoms with E-state index in [0.29, 0.717) is 17.8 Å². The highest BCUT2D eigenvalue weighted by Gasteiger charge is 2.27.